The van der Waals surface area contributed by atoms with E-state index in [-0.39, 0.29) is 0 Å². The lowest BCUT2D eigenvalue weighted by Crippen LogP contribution is -2.21. The van der Waals surface area contributed by atoms with Crippen LogP contribution in [0.5, 0.6) is 0 Å². The van der Waals surface area contributed by atoms with E-state index in [1.54, 1.807) is 0 Å². The van der Waals surface area contributed by atoms with E-state index in [1.165, 1.54) is 0 Å². The molecule has 0 aromatic heterocycles. The Labute approximate surface area is 184 Å². The second kappa shape index (κ2) is 8.55. The monoisotopic (exact) mass is 452 g/mol. The normalized spacial score (nSPS) is 17.5. The number of hydrogen-bond acceptors (Lipinski definition) is 2. The summed E-state index contributed by atoms with van der Waals surface area (Å²) >= 11 is 6.46. The third-order valence-electron chi connectivity index (χ3n) is 5.49. The van der Waals surface area contributed by atoms with Crippen LogP contribution in [0.3, 0.4) is 0 Å². The van der Waals surface area contributed by atoms with Gasteiger partial charge in [0.2, 0.25) is 0 Å². The van der Waals surface area contributed by atoms with E-state index < -0.39 is 13.5 Å². The largest absolute Gasteiger partial charge is 0.323 e. The lowest BCUT2D eigenvalue weighted by molar-refractivity contribution is 0.586. The number of anilines is 2. The molecule has 0 bridgehead atoms. The van der Waals surface area contributed by atoms with Crippen molar-refractivity contribution in [2.75, 3.05) is 35.3 Å². The maximum atomic E-state index is 13.7. The van der Waals surface area contributed by atoms with Gasteiger partial charge in [-0.15, -0.1) is 0 Å². The molecule has 1 unspecified atom stereocenters. The van der Waals surface area contributed by atoms with Crippen LogP contribution in [0.2, 0.25) is 0 Å². The van der Waals surface area contributed by atoms with Crippen molar-refractivity contribution < 1.29 is 4.57 Å². The number of rotatable bonds is 6. The summed E-state index contributed by atoms with van der Waals surface area (Å²) in [5.41, 5.74) is 2.21. The van der Waals surface area contributed by atoms with Crippen molar-refractivity contribution in [2.24, 2.45) is 0 Å². The molecule has 3 nitrogen and oxygen atoms in total. The van der Waals surface area contributed by atoms with E-state index in [0.29, 0.717) is 6.16 Å². The number of benzene rings is 3. The van der Waals surface area contributed by atoms with Crippen LogP contribution in [-0.2, 0) is 16.4 Å². The smallest absolute Gasteiger partial charge is 0.149 e. The molecule has 0 spiro atoms. The summed E-state index contributed by atoms with van der Waals surface area (Å²) in [7, 11) is -2.62. The number of allylic oxidation sites excluding steroid dienone is 1. The van der Waals surface area contributed by atoms with Crippen molar-refractivity contribution in [2.45, 2.75) is 0 Å². The van der Waals surface area contributed by atoms with Gasteiger partial charge < -0.3 is 13.9 Å². The Morgan fingerprint density at radius 3 is 1.70 bits per heavy atom. The predicted octanol–water partition coefficient (Wildman–Crippen LogP) is 6.15. The summed E-state index contributed by atoms with van der Waals surface area (Å²) in [6.45, 7) is 7.97. The maximum Gasteiger partial charge on any atom is 0.149 e. The molecule has 30 heavy (non-hydrogen) atoms. The molecule has 1 aliphatic heterocycles. The molecule has 6 heteroatoms. The second-order valence-corrected chi connectivity index (χ2v) is 14.9. The summed E-state index contributed by atoms with van der Waals surface area (Å²) in [6.07, 6.45) is -1.99. The summed E-state index contributed by atoms with van der Waals surface area (Å²) in [5, 5.41) is 1.78. The first-order valence-corrected chi connectivity index (χ1v) is 15.0. The molecule has 0 N–H and O–H groups in total. The van der Waals surface area contributed by atoms with Crippen LogP contribution in [0.1, 0.15) is 0 Å². The number of hydrogen-bond donors (Lipinski definition) is 0. The average molecular weight is 453 g/mol. The van der Waals surface area contributed by atoms with Gasteiger partial charge in [0, 0.05) is 41.2 Å². The fraction of sp³-hybridized carbons (Fsp3) is 0.167. The molecule has 3 aromatic rings. The number of para-hydroxylation sites is 2. The molecule has 4 rings (SSSR count). The zero-order valence-electron chi connectivity index (χ0n) is 17.1. The third-order valence-corrected chi connectivity index (χ3v) is 13.2. The lowest BCUT2D eigenvalue weighted by Gasteiger charge is -2.38. The molecule has 3 aromatic carbocycles. The van der Waals surface area contributed by atoms with Crippen molar-refractivity contribution in [3.8, 4) is 0 Å². The standard InChI is InChI=1S/C24H26N2OP2S/c1-21(20-28(2,27)24-16-10-5-11-17-24)29(30)25(22-12-6-3-7-13-22)18-19-26(29)23-14-8-4-9-15-23/h3-17H,1,18-20H2,2H3. The highest BCUT2D eigenvalue weighted by atomic mass is 32.4. The van der Waals surface area contributed by atoms with Crippen LogP contribution in [0.25, 0.3) is 0 Å². The Kier molecular flexibility index (Phi) is 6.02. The number of nitrogens with zero attached hydrogens (tertiary/aromatic N) is 2. The van der Waals surface area contributed by atoms with Gasteiger partial charge in [-0.1, -0.05) is 73.3 Å². The van der Waals surface area contributed by atoms with Crippen molar-refractivity contribution in [1.82, 2.24) is 0 Å². The molecular formula is C24H26N2OP2S. The fourth-order valence-corrected chi connectivity index (χ4v) is 11.3. The molecule has 154 valence electrons. The van der Waals surface area contributed by atoms with Crippen molar-refractivity contribution in [1.29, 1.82) is 0 Å². The quantitative estimate of drug-likeness (QED) is 0.418. The van der Waals surface area contributed by atoms with Crippen molar-refractivity contribution in [3.05, 3.63) is 103 Å². The van der Waals surface area contributed by atoms with Gasteiger partial charge in [0.15, 0.2) is 0 Å². The van der Waals surface area contributed by atoms with E-state index in [4.69, 9.17) is 11.8 Å². The minimum absolute atomic E-state index is 0.418. The van der Waals surface area contributed by atoms with E-state index in [2.05, 4.69) is 40.2 Å². The van der Waals surface area contributed by atoms with Gasteiger partial charge in [0.05, 0.1) is 0 Å². The zero-order valence-corrected chi connectivity index (χ0v) is 19.7. The van der Waals surface area contributed by atoms with Crippen LogP contribution in [-0.4, -0.2) is 25.9 Å². The molecular weight excluding hydrogens is 426 g/mol. The van der Waals surface area contributed by atoms with Gasteiger partial charge in [-0.05, 0) is 42.7 Å². The van der Waals surface area contributed by atoms with Crippen molar-refractivity contribution >= 4 is 42.0 Å². The molecule has 1 fully saturated rings. The van der Waals surface area contributed by atoms with Gasteiger partial charge in [-0.25, -0.2) is 0 Å². The lowest BCUT2D eigenvalue weighted by atomic mass is 10.3. The average Bonchev–Trinajstić information content (AvgIpc) is 3.14. The zero-order chi connectivity index (χ0) is 21.2. The van der Waals surface area contributed by atoms with Gasteiger partial charge in [-0.3, -0.25) is 0 Å². The molecule has 1 heterocycles. The minimum Gasteiger partial charge on any atom is -0.323 e. The topological polar surface area (TPSA) is 23.6 Å². The maximum absolute atomic E-state index is 13.7. The van der Waals surface area contributed by atoms with E-state index in [1.807, 2.05) is 73.4 Å². The van der Waals surface area contributed by atoms with E-state index >= 15 is 0 Å². The Bertz CT molecular complexity index is 1070. The highest BCUT2D eigenvalue weighted by Gasteiger charge is 2.42. The second-order valence-electron chi connectivity index (χ2n) is 7.62. The predicted molar refractivity (Wildman–Crippen MR) is 135 cm³/mol. The summed E-state index contributed by atoms with van der Waals surface area (Å²) in [5.74, 6) is 0. The summed E-state index contributed by atoms with van der Waals surface area (Å²) < 4.78 is 18.3. The highest BCUT2D eigenvalue weighted by Crippen LogP contribution is 2.67. The van der Waals surface area contributed by atoms with Gasteiger partial charge in [0.25, 0.3) is 0 Å². The first-order valence-electron chi connectivity index (χ1n) is 9.99. The molecule has 0 radical (unpaired) electrons. The Balaban J connectivity index is 1.75. The molecule has 0 amide bonds. The van der Waals surface area contributed by atoms with Gasteiger partial charge >= 0.3 is 0 Å². The van der Waals surface area contributed by atoms with Crippen LogP contribution < -0.4 is 14.6 Å². The highest BCUT2D eigenvalue weighted by molar-refractivity contribution is 8.18. The molecule has 1 saturated heterocycles. The van der Waals surface area contributed by atoms with Crippen LogP contribution >= 0.6 is 13.5 Å². The summed E-state index contributed by atoms with van der Waals surface area (Å²) in [6, 6.07) is 30.3. The van der Waals surface area contributed by atoms with Crippen LogP contribution in [0.4, 0.5) is 11.4 Å². The van der Waals surface area contributed by atoms with Gasteiger partial charge in [0.1, 0.15) is 13.5 Å². The SMILES string of the molecule is C=C(CP(C)(=O)c1ccccc1)P1(=S)N(c2ccccc2)CCN1c1ccccc1. The fourth-order valence-electron chi connectivity index (χ4n) is 3.98. The first-order chi connectivity index (χ1) is 14.4. The molecule has 1 atom stereocenters. The Hall–Kier alpha value is -2.12. The third kappa shape index (κ3) is 3.93. The van der Waals surface area contributed by atoms with Crippen LogP contribution in [0, 0.1) is 0 Å². The van der Waals surface area contributed by atoms with Crippen molar-refractivity contribution in [3.63, 3.8) is 0 Å². The minimum atomic E-state index is -2.62. The molecule has 1 aliphatic rings. The van der Waals surface area contributed by atoms with E-state index in [0.717, 1.165) is 35.1 Å². The molecule has 0 saturated carbocycles. The first kappa shape index (κ1) is 21.1. The Morgan fingerprint density at radius 1 is 0.867 bits per heavy atom. The Morgan fingerprint density at radius 2 is 1.27 bits per heavy atom. The van der Waals surface area contributed by atoms with Gasteiger partial charge in [-0.2, -0.15) is 0 Å². The molecule has 0 aliphatic carbocycles. The summed E-state index contributed by atoms with van der Waals surface area (Å²) in [4.78, 5) is 0. The van der Waals surface area contributed by atoms with E-state index in [9.17, 15) is 4.57 Å². The van der Waals surface area contributed by atoms with Crippen LogP contribution in [0.15, 0.2) is 103 Å².